The lowest BCUT2D eigenvalue weighted by molar-refractivity contribution is 0.173. The average molecular weight is 337 g/mol. The maximum absolute atomic E-state index is 11.8. The van der Waals surface area contributed by atoms with Crippen LogP contribution in [0.3, 0.4) is 0 Å². The van der Waals surface area contributed by atoms with Crippen LogP contribution < -0.4 is 10.6 Å². The fourth-order valence-electron chi connectivity index (χ4n) is 2.55. The number of nitrogens with one attached hydrogen (secondary N) is 2. The number of amides is 2. The van der Waals surface area contributed by atoms with Crippen molar-refractivity contribution in [3.05, 3.63) is 29.8 Å². The number of benzene rings is 1. The van der Waals surface area contributed by atoms with Crippen molar-refractivity contribution < 1.29 is 9.53 Å². The van der Waals surface area contributed by atoms with Crippen LogP contribution in [-0.2, 0) is 11.2 Å². The summed E-state index contributed by atoms with van der Waals surface area (Å²) in [5, 5.41) is 5.67. The Bertz CT molecular complexity index is 475. The van der Waals surface area contributed by atoms with Crippen molar-refractivity contribution in [3.63, 3.8) is 0 Å². The summed E-state index contributed by atoms with van der Waals surface area (Å²) in [4.78, 5) is 14.3. The summed E-state index contributed by atoms with van der Waals surface area (Å²) in [6.45, 7) is 5.92. The number of hydrogen-bond donors (Lipinski definition) is 2. The van der Waals surface area contributed by atoms with Crippen LogP contribution in [0, 0.1) is 0 Å². The molecular formula is C17H27N3O2S. The van der Waals surface area contributed by atoms with Crippen LogP contribution in [0.2, 0.25) is 0 Å². The molecule has 1 heterocycles. The van der Waals surface area contributed by atoms with Gasteiger partial charge >= 0.3 is 6.03 Å². The van der Waals surface area contributed by atoms with Gasteiger partial charge in [0, 0.05) is 43.9 Å². The maximum atomic E-state index is 11.8. The monoisotopic (exact) mass is 337 g/mol. The average Bonchev–Trinajstić information content (AvgIpc) is 2.55. The van der Waals surface area contributed by atoms with Crippen LogP contribution >= 0.6 is 11.8 Å². The zero-order valence-corrected chi connectivity index (χ0v) is 14.8. The molecule has 0 radical (unpaired) electrons. The SMILES string of the molecule is COC[C@H](C)NC(=O)Nc1ccc(CCN2CCSCC2)cc1. The Morgan fingerprint density at radius 1 is 1.30 bits per heavy atom. The molecule has 23 heavy (non-hydrogen) atoms. The molecule has 1 fully saturated rings. The minimum absolute atomic E-state index is 0.0121. The fourth-order valence-corrected chi connectivity index (χ4v) is 3.53. The second-order valence-corrected chi connectivity index (χ2v) is 7.08. The maximum Gasteiger partial charge on any atom is 0.319 e. The largest absolute Gasteiger partial charge is 0.383 e. The van der Waals surface area contributed by atoms with Crippen LogP contribution in [0.5, 0.6) is 0 Å². The molecule has 0 saturated carbocycles. The molecule has 0 bridgehead atoms. The van der Waals surface area contributed by atoms with Gasteiger partial charge in [0.15, 0.2) is 0 Å². The molecule has 0 aliphatic carbocycles. The molecule has 1 aromatic rings. The lowest BCUT2D eigenvalue weighted by Gasteiger charge is -2.26. The summed E-state index contributed by atoms with van der Waals surface area (Å²) in [6, 6.07) is 7.89. The molecule has 1 aliphatic rings. The highest BCUT2D eigenvalue weighted by molar-refractivity contribution is 7.99. The van der Waals surface area contributed by atoms with E-state index in [9.17, 15) is 4.79 Å². The molecule has 128 valence electrons. The van der Waals surface area contributed by atoms with E-state index in [-0.39, 0.29) is 12.1 Å². The Kier molecular flexibility index (Phi) is 7.71. The number of carbonyl (C=O) groups excluding carboxylic acids is 1. The van der Waals surface area contributed by atoms with Gasteiger partial charge < -0.3 is 20.3 Å². The molecule has 1 aromatic carbocycles. The van der Waals surface area contributed by atoms with Gasteiger partial charge in [0.25, 0.3) is 0 Å². The molecule has 0 spiro atoms. The zero-order valence-electron chi connectivity index (χ0n) is 14.0. The van der Waals surface area contributed by atoms with Crippen molar-refractivity contribution in [1.29, 1.82) is 0 Å². The number of ether oxygens (including phenoxy) is 1. The van der Waals surface area contributed by atoms with Crippen LogP contribution in [0.1, 0.15) is 12.5 Å². The van der Waals surface area contributed by atoms with Crippen LogP contribution in [-0.4, -0.2) is 61.8 Å². The van der Waals surface area contributed by atoms with Crippen molar-refractivity contribution in [2.75, 3.05) is 50.2 Å². The van der Waals surface area contributed by atoms with Gasteiger partial charge in [-0.15, -0.1) is 0 Å². The Balaban J connectivity index is 1.74. The van der Waals surface area contributed by atoms with E-state index in [0.29, 0.717) is 6.61 Å². The first-order valence-electron chi connectivity index (χ1n) is 8.13. The van der Waals surface area contributed by atoms with Crippen molar-refractivity contribution in [3.8, 4) is 0 Å². The van der Waals surface area contributed by atoms with Gasteiger partial charge in [-0.1, -0.05) is 12.1 Å². The molecule has 0 unspecified atom stereocenters. The third kappa shape index (κ3) is 6.81. The van der Waals surface area contributed by atoms with E-state index in [0.717, 1.165) is 18.7 Å². The summed E-state index contributed by atoms with van der Waals surface area (Å²) in [5.74, 6) is 2.50. The lowest BCUT2D eigenvalue weighted by Crippen LogP contribution is -2.38. The fraction of sp³-hybridized carbons (Fsp3) is 0.588. The third-order valence-corrected chi connectivity index (χ3v) is 4.77. The second kappa shape index (κ2) is 9.80. The molecule has 1 saturated heterocycles. The summed E-state index contributed by atoms with van der Waals surface area (Å²) in [6.07, 6.45) is 1.06. The van der Waals surface area contributed by atoms with Gasteiger partial charge in [0.1, 0.15) is 0 Å². The number of nitrogens with zero attached hydrogens (tertiary/aromatic N) is 1. The first-order valence-corrected chi connectivity index (χ1v) is 9.28. The number of anilines is 1. The first kappa shape index (κ1) is 18.1. The number of methoxy groups -OCH3 is 1. The van der Waals surface area contributed by atoms with Gasteiger partial charge in [-0.05, 0) is 31.0 Å². The smallest absolute Gasteiger partial charge is 0.319 e. The van der Waals surface area contributed by atoms with Gasteiger partial charge in [-0.25, -0.2) is 4.79 Å². The molecule has 2 N–H and O–H groups in total. The van der Waals surface area contributed by atoms with E-state index >= 15 is 0 Å². The van der Waals surface area contributed by atoms with E-state index in [4.69, 9.17) is 4.74 Å². The van der Waals surface area contributed by atoms with Gasteiger partial charge in [-0.3, -0.25) is 0 Å². The Morgan fingerprint density at radius 3 is 2.65 bits per heavy atom. The summed E-state index contributed by atoms with van der Waals surface area (Å²) < 4.78 is 5.00. The number of carbonyl (C=O) groups is 1. The number of urea groups is 1. The molecule has 2 amide bonds. The van der Waals surface area contributed by atoms with Crippen LogP contribution in [0.15, 0.2) is 24.3 Å². The van der Waals surface area contributed by atoms with Crippen LogP contribution in [0.25, 0.3) is 0 Å². The van der Waals surface area contributed by atoms with Crippen molar-refractivity contribution in [2.24, 2.45) is 0 Å². The highest BCUT2D eigenvalue weighted by Gasteiger charge is 2.10. The van der Waals surface area contributed by atoms with Crippen molar-refractivity contribution in [1.82, 2.24) is 10.2 Å². The van der Waals surface area contributed by atoms with E-state index in [1.54, 1.807) is 7.11 Å². The van der Waals surface area contributed by atoms with E-state index < -0.39 is 0 Å². The summed E-state index contributed by atoms with van der Waals surface area (Å²) in [5.41, 5.74) is 2.12. The predicted octanol–water partition coefficient (Wildman–Crippen LogP) is 2.43. The highest BCUT2D eigenvalue weighted by atomic mass is 32.2. The first-order chi connectivity index (χ1) is 11.2. The van der Waals surface area contributed by atoms with E-state index in [1.807, 2.05) is 30.8 Å². The minimum Gasteiger partial charge on any atom is -0.383 e. The normalized spacial score (nSPS) is 16.8. The predicted molar refractivity (Wildman–Crippen MR) is 97.4 cm³/mol. The number of rotatable bonds is 7. The Labute approximate surface area is 143 Å². The van der Waals surface area contributed by atoms with Crippen molar-refractivity contribution in [2.45, 2.75) is 19.4 Å². The summed E-state index contributed by atoms with van der Waals surface area (Å²) in [7, 11) is 1.62. The zero-order chi connectivity index (χ0) is 16.5. The molecule has 1 aliphatic heterocycles. The molecule has 1 atom stereocenters. The lowest BCUT2D eigenvalue weighted by atomic mass is 10.1. The summed E-state index contributed by atoms with van der Waals surface area (Å²) >= 11 is 2.04. The quantitative estimate of drug-likeness (QED) is 0.802. The Morgan fingerprint density at radius 2 is 2.00 bits per heavy atom. The topological polar surface area (TPSA) is 53.6 Å². The van der Waals surface area contributed by atoms with Gasteiger partial charge in [-0.2, -0.15) is 11.8 Å². The number of hydrogen-bond acceptors (Lipinski definition) is 4. The van der Waals surface area contributed by atoms with Gasteiger partial charge in [0.05, 0.1) is 12.6 Å². The molecule has 6 heteroatoms. The Hall–Kier alpha value is -1.24. The molecule has 2 rings (SSSR count). The third-order valence-electron chi connectivity index (χ3n) is 3.83. The molecule has 0 aromatic heterocycles. The molecular weight excluding hydrogens is 310 g/mol. The van der Waals surface area contributed by atoms with Gasteiger partial charge in [0.2, 0.25) is 0 Å². The second-order valence-electron chi connectivity index (χ2n) is 5.86. The minimum atomic E-state index is -0.201. The molecule has 5 nitrogen and oxygen atoms in total. The van der Waals surface area contributed by atoms with E-state index in [1.165, 1.54) is 30.2 Å². The number of thioether (sulfide) groups is 1. The van der Waals surface area contributed by atoms with Crippen LogP contribution in [0.4, 0.5) is 10.5 Å². The highest BCUT2D eigenvalue weighted by Crippen LogP contribution is 2.13. The standard InChI is InChI=1S/C17H27N3O2S/c1-14(13-22-2)18-17(21)19-16-5-3-15(4-6-16)7-8-20-9-11-23-12-10-20/h3-6,14H,7-13H2,1-2H3,(H2,18,19,21)/t14-/m0/s1. The van der Waals surface area contributed by atoms with Crippen molar-refractivity contribution >= 4 is 23.5 Å². The van der Waals surface area contributed by atoms with E-state index in [2.05, 4.69) is 27.7 Å².